The number of aliphatic hydroxyl groups is 1. The number of anilines is 1. The Morgan fingerprint density at radius 3 is 2.29 bits per heavy atom. The fraction of sp³-hybridized carbons (Fsp3) is 0.160. The van der Waals surface area contributed by atoms with Gasteiger partial charge in [-0.15, -0.1) is 0 Å². The third-order valence-electron chi connectivity index (χ3n) is 5.69. The van der Waals surface area contributed by atoms with E-state index < -0.39 is 23.5 Å². The SMILES string of the molecule is COc1c(Cl)cc(/C(O)=C2\C(=O)C(=O)N(c3cc(Cl)ccc3C)C2c2ccncc2)c(OC)c1Cl. The highest BCUT2D eigenvalue weighted by Crippen LogP contribution is 2.48. The fourth-order valence-electron chi connectivity index (χ4n) is 4.08. The van der Waals surface area contributed by atoms with Crippen LogP contribution in [0.15, 0.2) is 54.4 Å². The van der Waals surface area contributed by atoms with Gasteiger partial charge in [0.1, 0.15) is 10.8 Å². The molecule has 180 valence electrons. The molecule has 7 nitrogen and oxygen atoms in total. The summed E-state index contributed by atoms with van der Waals surface area (Å²) in [6.45, 7) is 1.79. The average molecular weight is 534 g/mol. The van der Waals surface area contributed by atoms with Gasteiger partial charge in [0.25, 0.3) is 11.7 Å². The van der Waals surface area contributed by atoms with Crippen molar-refractivity contribution in [3.63, 3.8) is 0 Å². The number of pyridine rings is 1. The number of methoxy groups -OCH3 is 2. The quantitative estimate of drug-likeness (QED) is 0.246. The standard InChI is InChI=1S/C25H19Cl3N2O5/c1-12-4-5-14(26)10-17(12)30-20(13-6-8-29-9-7-13)18(22(32)25(30)33)21(31)15-11-16(27)24(35-3)19(28)23(15)34-2/h4-11,20,31H,1-3H3/b21-18+. The molecule has 10 heteroatoms. The van der Waals surface area contributed by atoms with Crippen LogP contribution in [0.3, 0.4) is 0 Å². The van der Waals surface area contributed by atoms with Gasteiger partial charge >= 0.3 is 0 Å². The molecule has 2 aromatic carbocycles. The van der Waals surface area contributed by atoms with E-state index in [4.69, 9.17) is 44.3 Å². The van der Waals surface area contributed by atoms with Gasteiger partial charge in [0.2, 0.25) is 0 Å². The van der Waals surface area contributed by atoms with E-state index >= 15 is 0 Å². The Hall–Kier alpha value is -3.26. The molecule has 2 heterocycles. The summed E-state index contributed by atoms with van der Waals surface area (Å²) in [7, 11) is 2.73. The highest BCUT2D eigenvalue weighted by molar-refractivity contribution is 6.52. The lowest BCUT2D eigenvalue weighted by molar-refractivity contribution is -0.132. The first-order chi connectivity index (χ1) is 16.7. The van der Waals surface area contributed by atoms with Crippen LogP contribution >= 0.6 is 34.8 Å². The predicted octanol–water partition coefficient (Wildman–Crippen LogP) is 5.99. The zero-order valence-corrected chi connectivity index (χ0v) is 21.1. The molecule has 3 aromatic rings. The first kappa shape index (κ1) is 24.9. The van der Waals surface area contributed by atoms with Crippen molar-refractivity contribution in [1.29, 1.82) is 0 Å². The summed E-state index contributed by atoms with van der Waals surface area (Å²) in [6, 6.07) is 8.71. The summed E-state index contributed by atoms with van der Waals surface area (Å²) in [5.74, 6) is -2.06. The van der Waals surface area contributed by atoms with E-state index in [1.165, 1.54) is 37.6 Å². The number of carbonyl (C=O) groups excluding carboxylic acids is 2. The molecular formula is C25H19Cl3N2O5. The molecule has 1 atom stereocenters. The Morgan fingerprint density at radius 2 is 1.66 bits per heavy atom. The summed E-state index contributed by atoms with van der Waals surface area (Å²) in [6.07, 6.45) is 3.06. The van der Waals surface area contributed by atoms with Gasteiger partial charge in [-0.3, -0.25) is 19.5 Å². The number of Topliss-reactive ketones (excluding diaryl/α,β-unsaturated/α-hetero) is 1. The number of ketones is 1. The van der Waals surface area contributed by atoms with Crippen LogP contribution in [0, 0.1) is 6.92 Å². The number of benzene rings is 2. The van der Waals surface area contributed by atoms with Gasteiger partial charge in [0.15, 0.2) is 11.5 Å². The number of aryl methyl sites for hydroxylation is 1. The van der Waals surface area contributed by atoms with E-state index in [0.717, 1.165) is 0 Å². The fourth-order valence-corrected chi connectivity index (χ4v) is 4.93. The second-order valence-corrected chi connectivity index (χ2v) is 8.89. The molecule has 1 fully saturated rings. The summed E-state index contributed by atoms with van der Waals surface area (Å²) in [4.78, 5) is 32.1. The van der Waals surface area contributed by atoms with Gasteiger partial charge in [0, 0.05) is 23.1 Å². The third-order valence-corrected chi connectivity index (χ3v) is 6.55. The molecule has 35 heavy (non-hydrogen) atoms. The Kier molecular flexibility index (Phi) is 6.94. The summed E-state index contributed by atoms with van der Waals surface area (Å²) < 4.78 is 10.6. The van der Waals surface area contributed by atoms with Crippen molar-refractivity contribution >= 4 is 57.9 Å². The molecule has 1 aliphatic rings. The molecule has 1 amide bonds. The minimum absolute atomic E-state index is 0.00410. The van der Waals surface area contributed by atoms with Crippen LogP contribution in [0.1, 0.15) is 22.7 Å². The number of nitrogens with zero attached hydrogens (tertiary/aromatic N) is 2. The van der Waals surface area contributed by atoms with Crippen LogP contribution < -0.4 is 14.4 Å². The molecule has 1 N–H and O–H groups in total. The molecule has 0 spiro atoms. The molecule has 0 radical (unpaired) electrons. The Bertz CT molecular complexity index is 1380. The molecule has 0 aliphatic carbocycles. The highest BCUT2D eigenvalue weighted by atomic mass is 35.5. The zero-order chi connectivity index (χ0) is 25.4. The van der Waals surface area contributed by atoms with Gasteiger partial charge < -0.3 is 14.6 Å². The van der Waals surface area contributed by atoms with Crippen LogP contribution in [0.4, 0.5) is 5.69 Å². The maximum Gasteiger partial charge on any atom is 0.300 e. The number of aromatic nitrogens is 1. The number of hydrogen-bond donors (Lipinski definition) is 1. The second kappa shape index (κ2) is 9.77. The Labute approximate surface area is 216 Å². The van der Waals surface area contributed by atoms with Crippen molar-refractivity contribution in [2.45, 2.75) is 13.0 Å². The van der Waals surface area contributed by atoms with Gasteiger partial charge in [-0.1, -0.05) is 40.9 Å². The molecule has 1 aliphatic heterocycles. The van der Waals surface area contributed by atoms with Crippen LogP contribution in [-0.4, -0.2) is 36.0 Å². The number of hydrogen-bond acceptors (Lipinski definition) is 6. The molecule has 0 saturated carbocycles. The number of halogens is 3. The van der Waals surface area contributed by atoms with E-state index in [-0.39, 0.29) is 32.7 Å². The third kappa shape index (κ3) is 4.20. The lowest BCUT2D eigenvalue weighted by atomic mass is 9.95. The molecule has 1 unspecified atom stereocenters. The van der Waals surface area contributed by atoms with Crippen LogP contribution in [0.5, 0.6) is 11.5 Å². The minimum Gasteiger partial charge on any atom is -0.507 e. The summed E-state index contributed by atoms with van der Waals surface area (Å²) in [5, 5.41) is 11.9. The largest absolute Gasteiger partial charge is 0.507 e. The second-order valence-electron chi connectivity index (χ2n) is 7.67. The van der Waals surface area contributed by atoms with Gasteiger partial charge in [0.05, 0.1) is 36.4 Å². The van der Waals surface area contributed by atoms with Crippen molar-refractivity contribution in [1.82, 2.24) is 4.98 Å². The minimum atomic E-state index is -0.987. The van der Waals surface area contributed by atoms with E-state index in [1.54, 1.807) is 37.3 Å². The topological polar surface area (TPSA) is 89.0 Å². The van der Waals surface area contributed by atoms with E-state index in [1.807, 2.05) is 0 Å². The number of rotatable bonds is 5. The molecule has 1 aromatic heterocycles. The molecule has 1 saturated heterocycles. The number of carbonyl (C=O) groups is 2. The molecular weight excluding hydrogens is 515 g/mol. The normalized spacial score (nSPS) is 17.1. The van der Waals surface area contributed by atoms with Crippen molar-refractivity contribution in [2.75, 3.05) is 19.1 Å². The smallest absolute Gasteiger partial charge is 0.300 e. The predicted molar refractivity (Wildman–Crippen MR) is 135 cm³/mol. The number of amides is 1. The Balaban J connectivity index is 2.04. The van der Waals surface area contributed by atoms with Gasteiger partial charge in [-0.2, -0.15) is 0 Å². The van der Waals surface area contributed by atoms with Crippen molar-refractivity contribution in [3.8, 4) is 11.5 Å². The Morgan fingerprint density at radius 1 is 1.00 bits per heavy atom. The zero-order valence-electron chi connectivity index (χ0n) is 18.8. The first-order valence-corrected chi connectivity index (χ1v) is 11.4. The maximum absolute atomic E-state index is 13.4. The highest BCUT2D eigenvalue weighted by Gasteiger charge is 2.47. The van der Waals surface area contributed by atoms with Crippen molar-refractivity contribution in [3.05, 3.63) is 86.1 Å². The maximum atomic E-state index is 13.4. The van der Waals surface area contributed by atoms with Crippen LogP contribution in [-0.2, 0) is 9.59 Å². The lowest BCUT2D eigenvalue weighted by Crippen LogP contribution is -2.30. The average Bonchev–Trinajstić information content (AvgIpc) is 3.11. The van der Waals surface area contributed by atoms with Gasteiger partial charge in [-0.05, 0) is 48.4 Å². The molecule has 4 rings (SSSR count). The van der Waals surface area contributed by atoms with Crippen molar-refractivity contribution in [2.24, 2.45) is 0 Å². The summed E-state index contributed by atoms with van der Waals surface area (Å²) in [5.41, 5.74) is 1.55. The first-order valence-electron chi connectivity index (χ1n) is 10.3. The monoisotopic (exact) mass is 532 g/mol. The van der Waals surface area contributed by atoms with E-state index in [0.29, 0.717) is 21.8 Å². The van der Waals surface area contributed by atoms with Crippen LogP contribution in [0.25, 0.3) is 5.76 Å². The lowest BCUT2D eigenvalue weighted by Gasteiger charge is -2.27. The summed E-state index contributed by atoms with van der Waals surface area (Å²) >= 11 is 18.9. The number of ether oxygens (including phenoxy) is 2. The van der Waals surface area contributed by atoms with E-state index in [2.05, 4.69) is 4.98 Å². The number of aliphatic hydroxyl groups excluding tert-OH is 1. The van der Waals surface area contributed by atoms with E-state index in [9.17, 15) is 14.7 Å². The van der Waals surface area contributed by atoms with Crippen molar-refractivity contribution < 1.29 is 24.2 Å². The van der Waals surface area contributed by atoms with Crippen LogP contribution in [0.2, 0.25) is 15.1 Å². The van der Waals surface area contributed by atoms with Gasteiger partial charge in [-0.25, -0.2) is 0 Å². The molecule has 0 bridgehead atoms.